The van der Waals surface area contributed by atoms with Crippen molar-refractivity contribution in [2.45, 2.75) is 31.9 Å². The number of nitrogens with two attached hydrogens (primary N) is 1. The lowest BCUT2D eigenvalue weighted by Gasteiger charge is -2.17. The highest BCUT2D eigenvalue weighted by molar-refractivity contribution is 5.78. The molecule has 118 valence electrons. The van der Waals surface area contributed by atoms with Gasteiger partial charge in [-0.3, -0.25) is 9.59 Å². The fourth-order valence-electron chi connectivity index (χ4n) is 1.98. The summed E-state index contributed by atoms with van der Waals surface area (Å²) in [5.74, 6) is -1.62. The molecule has 0 saturated heterocycles. The smallest absolute Gasteiger partial charge is 0.323 e. The number of benzene rings is 1. The molecule has 6 heteroatoms. The van der Waals surface area contributed by atoms with Crippen molar-refractivity contribution in [3.63, 3.8) is 0 Å². The molecular formula is C16H20N2O4. The van der Waals surface area contributed by atoms with Crippen LogP contribution in [0.2, 0.25) is 0 Å². The van der Waals surface area contributed by atoms with E-state index in [1.807, 2.05) is 36.4 Å². The number of carbonyl (C=O) groups is 2. The predicted octanol–water partition coefficient (Wildman–Crippen LogP) is 1.54. The summed E-state index contributed by atoms with van der Waals surface area (Å²) in [6.07, 6.45) is 0.608. The van der Waals surface area contributed by atoms with Gasteiger partial charge < -0.3 is 15.2 Å². The Morgan fingerprint density at radius 1 is 1.27 bits per heavy atom. The minimum atomic E-state index is -0.925. The van der Waals surface area contributed by atoms with Crippen LogP contribution in [-0.4, -0.2) is 25.1 Å². The van der Waals surface area contributed by atoms with E-state index < -0.39 is 23.9 Å². The molecule has 0 amide bonds. The SMILES string of the molecule is COC(=O)[C@@H](CCC#N)C[C@H](N)C(=O)OCc1ccccc1. The van der Waals surface area contributed by atoms with Crippen LogP contribution in [0.4, 0.5) is 0 Å². The number of nitriles is 1. The molecule has 0 fully saturated rings. The second-order valence-corrected chi connectivity index (χ2v) is 4.85. The van der Waals surface area contributed by atoms with E-state index in [9.17, 15) is 9.59 Å². The molecule has 0 heterocycles. The maximum absolute atomic E-state index is 11.9. The molecule has 0 aliphatic carbocycles. The number of esters is 2. The quantitative estimate of drug-likeness (QED) is 0.731. The highest BCUT2D eigenvalue weighted by Gasteiger charge is 2.26. The van der Waals surface area contributed by atoms with Crippen molar-refractivity contribution in [1.29, 1.82) is 5.26 Å². The van der Waals surface area contributed by atoms with Gasteiger partial charge in [0.1, 0.15) is 12.6 Å². The first-order valence-corrected chi connectivity index (χ1v) is 6.99. The molecule has 0 bridgehead atoms. The number of hydrogen-bond acceptors (Lipinski definition) is 6. The van der Waals surface area contributed by atoms with Gasteiger partial charge in [-0.15, -0.1) is 0 Å². The molecule has 2 N–H and O–H groups in total. The highest BCUT2D eigenvalue weighted by Crippen LogP contribution is 2.15. The Kier molecular flexibility index (Phi) is 7.65. The molecule has 0 unspecified atom stereocenters. The zero-order chi connectivity index (χ0) is 16.4. The van der Waals surface area contributed by atoms with E-state index in [1.165, 1.54) is 7.11 Å². The van der Waals surface area contributed by atoms with E-state index in [2.05, 4.69) is 4.74 Å². The molecule has 0 radical (unpaired) electrons. The summed E-state index contributed by atoms with van der Waals surface area (Å²) in [6.45, 7) is 0.133. The van der Waals surface area contributed by atoms with Crippen molar-refractivity contribution in [2.24, 2.45) is 11.7 Å². The molecular weight excluding hydrogens is 284 g/mol. The van der Waals surface area contributed by atoms with Crippen LogP contribution in [0.1, 0.15) is 24.8 Å². The first kappa shape index (κ1) is 17.7. The lowest BCUT2D eigenvalue weighted by molar-refractivity contribution is -0.149. The van der Waals surface area contributed by atoms with Crippen LogP contribution >= 0.6 is 0 Å². The fourth-order valence-corrected chi connectivity index (χ4v) is 1.98. The van der Waals surface area contributed by atoms with E-state index >= 15 is 0 Å². The largest absolute Gasteiger partial charge is 0.469 e. The molecule has 1 rings (SSSR count). The Balaban J connectivity index is 2.50. The maximum Gasteiger partial charge on any atom is 0.323 e. The van der Waals surface area contributed by atoms with E-state index in [-0.39, 0.29) is 19.4 Å². The monoisotopic (exact) mass is 304 g/mol. The van der Waals surface area contributed by atoms with E-state index in [4.69, 9.17) is 15.7 Å². The molecule has 0 aromatic heterocycles. The van der Waals surface area contributed by atoms with Crippen LogP contribution in [-0.2, 0) is 25.7 Å². The fraction of sp³-hybridized carbons (Fsp3) is 0.438. The molecule has 2 atom stereocenters. The van der Waals surface area contributed by atoms with Crippen LogP contribution in [0.5, 0.6) is 0 Å². The summed E-state index contributed by atoms with van der Waals surface area (Å²) in [5.41, 5.74) is 6.64. The van der Waals surface area contributed by atoms with Gasteiger partial charge >= 0.3 is 11.9 Å². The van der Waals surface area contributed by atoms with Crippen molar-refractivity contribution < 1.29 is 19.1 Å². The normalized spacial score (nSPS) is 12.8. The number of nitrogens with zero attached hydrogens (tertiary/aromatic N) is 1. The van der Waals surface area contributed by atoms with Crippen LogP contribution in [0.3, 0.4) is 0 Å². The lowest BCUT2D eigenvalue weighted by atomic mass is 9.95. The van der Waals surface area contributed by atoms with Crippen LogP contribution < -0.4 is 5.73 Å². The third-order valence-corrected chi connectivity index (χ3v) is 3.20. The summed E-state index contributed by atoms with van der Waals surface area (Å²) >= 11 is 0. The molecule has 0 spiro atoms. The van der Waals surface area contributed by atoms with Crippen molar-refractivity contribution in [3.8, 4) is 6.07 Å². The summed E-state index contributed by atoms with van der Waals surface area (Å²) in [4.78, 5) is 23.5. The second-order valence-electron chi connectivity index (χ2n) is 4.85. The van der Waals surface area contributed by atoms with Gasteiger partial charge in [-0.2, -0.15) is 5.26 Å². The Morgan fingerprint density at radius 3 is 2.55 bits per heavy atom. The standard InChI is InChI=1S/C16H20N2O4/c1-21-15(19)13(8-5-9-17)10-14(18)16(20)22-11-12-6-3-2-4-7-12/h2-4,6-7,13-14H,5,8,10-11,18H2,1H3/t13-,14-/m0/s1. The predicted molar refractivity (Wildman–Crippen MR) is 79.2 cm³/mol. The molecule has 1 aromatic carbocycles. The summed E-state index contributed by atoms with van der Waals surface area (Å²) < 4.78 is 9.79. The van der Waals surface area contributed by atoms with Crippen molar-refractivity contribution >= 4 is 11.9 Å². The second kappa shape index (κ2) is 9.53. The summed E-state index contributed by atoms with van der Waals surface area (Å²) in [7, 11) is 1.26. The number of carbonyl (C=O) groups excluding carboxylic acids is 2. The van der Waals surface area contributed by atoms with Gasteiger partial charge in [0.15, 0.2) is 0 Å². The van der Waals surface area contributed by atoms with Crippen LogP contribution in [0, 0.1) is 17.2 Å². The minimum absolute atomic E-state index is 0.0992. The van der Waals surface area contributed by atoms with Gasteiger partial charge in [0.2, 0.25) is 0 Å². The van der Waals surface area contributed by atoms with Crippen LogP contribution in [0.15, 0.2) is 30.3 Å². The van der Waals surface area contributed by atoms with E-state index in [0.29, 0.717) is 6.42 Å². The van der Waals surface area contributed by atoms with Gasteiger partial charge in [-0.25, -0.2) is 0 Å². The Morgan fingerprint density at radius 2 is 1.95 bits per heavy atom. The van der Waals surface area contributed by atoms with E-state index in [1.54, 1.807) is 0 Å². The van der Waals surface area contributed by atoms with Gasteiger partial charge in [0.05, 0.1) is 19.1 Å². The van der Waals surface area contributed by atoms with Gasteiger partial charge in [-0.1, -0.05) is 30.3 Å². The Bertz CT molecular complexity index is 525. The number of ether oxygens (including phenoxy) is 2. The van der Waals surface area contributed by atoms with Gasteiger partial charge in [0.25, 0.3) is 0 Å². The Labute approximate surface area is 129 Å². The lowest BCUT2D eigenvalue weighted by Crippen LogP contribution is -2.36. The van der Waals surface area contributed by atoms with Crippen molar-refractivity contribution in [1.82, 2.24) is 0 Å². The molecule has 6 nitrogen and oxygen atoms in total. The molecule has 0 saturated carbocycles. The number of hydrogen-bond donors (Lipinski definition) is 1. The average Bonchev–Trinajstić information content (AvgIpc) is 2.56. The zero-order valence-electron chi connectivity index (χ0n) is 12.5. The van der Waals surface area contributed by atoms with Crippen LogP contribution in [0.25, 0.3) is 0 Å². The van der Waals surface area contributed by atoms with Gasteiger partial charge in [-0.05, 0) is 18.4 Å². The molecule has 0 aliphatic rings. The van der Waals surface area contributed by atoms with Crippen molar-refractivity contribution in [3.05, 3.63) is 35.9 Å². The summed E-state index contributed by atoms with van der Waals surface area (Å²) in [5, 5.41) is 8.60. The van der Waals surface area contributed by atoms with Crippen molar-refractivity contribution in [2.75, 3.05) is 7.11 Å². The first-order chi connectivity index (χ1) is 10.6. The first-order valence-electron chi connectivity index (χ1n) is 6.99. The molecule has 1 aromatic rings. The third-order valence-electron chi connectivity index (χ3n) is 3.20. The maximum atomic E-state index is 11.9. The molecule has 22 heavy (non-hydrogen) atoms. The zero-order valence-corrected chi connectivity index (χ0v) is 12.5. The van der Waals surface area contributed by atoms with Gasteiger partial charge in [0, 0.05) is 6.42 Å². The summed E-state index contributed by atoms with van der Waals surface area (Å²) in [6, 6.07) is 10.3. The topological polar surface area (TPSA) is 102 Å². The Hall–Kier alpha value is -2.39. The number of rotatable bonds is 8. The number of methoxy groups -OCH3 is 1. The minimum Gasteiger partial charge on any atom is -0.469 e. The van der Waals surface area contributed by atoms with E-state index in [0.717, 1.165) is 5.56 Å². The third kappa shape index (κ3) is 5.94. The average molecular weight is 304 g/mol. The highest BCUT2D eigenvalue weighted by atomic mass is 16.5. The molecule has 0 aliphatic heterocycles.